The standard InChI is InChI=1S/C36H58N2O6/c1-5-7-9-10-11-12-13-15-20-31(26-30-18-16-14-17-19-30)28-37-21-22-38-35(41)44-25-24-42-33(39)29(3)32-27-36(32,4)34(40)43-23-8-6-2/h14,16-19,31,37H,5-13,15,20-28H2,1-4H3,(H,38,41). The van der Waals surface area contributed by atoms with Gasteiger partial charge < -0.3 is 24.8 Å². The summed E-state index contributed by atoms with van der Waals surface area (Å²) in [4.78, 5) is 36.8. The zero-order valence-corrected chi connectivity index (χ0v) is 27.8. The number of amides is 1. The molecule has 8 heteroatoms. The Bertz CT molecular complexity index is 1010. The van der Waals surface area contributed by atoms with Crippen molar-refractivity contribution in [2.45, 2.75) is 111 Å². The molecule has 1 aromatic carbocycles. The summed E-state index contributed by atoms with van der Waals surface area (Å²) in [6, 6.07) is 10.6. The van der Waals surface area contributed by atoms with Crippen LogP contribution in [0.1, 0.15) is 110 Å². The summed E-state index contributed by atoms with van der Waals surface area (Å²) in [6.07, 6.45) is 14.6. The van der Waals surface area contributed by atoms with Crippen LogP contribution in [0.4, 0.5) is 4.79 Å². The van der Waals surface area contributed by atoms with E-state index in [1.807, 2.05) is 6.92 Å². The van der Waals surface area contributed by atoms with Crippen LogP contribution in [0.5, 0.6) is 0 Å². The molecule has 0 heterocycles. The van der Waals surface area contributed by atoms with Gasteiger partial charge in [-0.05, 0) is 63.1 Å². The molecule has 0 saturated heterocycles. The molecule has 1 saturated carbocycles. The second-order valence-corrected chi connectivity index (χ2v) is 12.3. The second-order valence-electron chi connectivity index (χ2n) is 12.3. The molecule has 1 aliphatic rings. The van der Waals surface area contributed by atoms with Gasteiger partial charge in [0, 0.05) is 18.7 Å². The highest BCUT2D eigenvalue weighted by molar-refractivity contribution is 5.95. The van der Waals surface area contributed by atoms with Crippen molar-refractivity contribution in [1.29, 1.82) is 0 Å². The fourth-order valence-electron chi connectivity index (χ4n) is 5.42. The highest BCUT2D eigenvalue weighted by Gasteiger charge is 2.54. The van der Waals surface area contributed by atoms with E-state index in [2.05, 4.69) is 47.9 Å². The monoisotopic (exact) mass is 614 g/mol. The van der Waals surface area contributed by atoms with Gasteiger partial charge in [0.1, 0.15) is 13.2 Å². The second kappa shape index (κ2) is 21.8. The van der Waals surface area contributed by atoms with Gasteiger partial charge in [-0.15, -0.1) is 0 Å². The largest absolute Gasteiger partial charge is 0.465 e. The maximum atomic E-state index is 12.4. The summed E-state index contributed by atoms with van der Waals surface area (Å²) in [7, 11) is 0. The number of hydrogen-bond acceptors (Lipinski definition) is 7. The van der Waals surface area contributed by atoms with Crippen LogP contribution in [0.25, 0.3) is 0 Å². The fraction of sp³-hybridized carbons (Fsp3) is 0.694. The molecule has 0 bridgehead atoms. The maximum Gasteiger partial charge on any atom is 0.407 e. The van der Waals surface area contributed by atoms with E-state index in [0.29, 0.717) is 37.6 Å². The van der Waals surface area contributed by atoms with Crippen LogP contribution in [0.15, 0.2) is 41.5 Å². The van der Waals surface area contributed by atoms with Gasteiger partial charge in [0.15, 0.2) is 0 Å². The molecule has 8 nitrogen and oxygen atoms in total. The molecule has 0 radical (unpaired) electrons. The Morgan fingerprint density at radius 2 is 1.48 bits per heavy atom. The predicted molar refractivity (Wildman–Crippen MR) is 175 cm³/mol. The Morgan fingerprint density at radius 1 is 0.818 bits per heavy atom. The molecule has 1 amide bonds. The summed E-state index contributed by atoms with van der Waals surface area (Å²) >= 11 is 0. The van der Waals surface area contributed by atoms with Crippen LogP contribution < -0.4 is 10.6 Å². The molecule has 2 unspecified atom stereocenters. The Morgan fingerprint density at radius 3 is 2.18 bits per heavy atom. The lowest BCUT2D eigenvalue weighted by Crippen LogP contribution is -2.35. The smallest absolute Gasteiger partial charge is 0.407 e. The number of rotatable bonds is 24. The Labute approximate surface area is 266 Å². The lowest BCUT2D eigenvalue weighted by Gasteiger charge is -2.18. The van der Waals surface area contributed by atoms with Crippen LogP contribution in [0.2, 0.25) is 0 Å². The van der Waals surface area contributed by atoms with Crippen molar-refractivity contribution in [2.24, 2.45) is 11.3 Å². The van der Waals surface area contributed by atoms with E-state index < -0.39 is 17.5 Å². The number of hydrogen-bond donors (Lipinski definition) is 2. The fourth-order valence-corrected chi connectivity index (χ4v) is 5.42. The van der Waals surface area contributed by atoms with Gasteiger partial charge in [-0.2, -0.15) is 0 Å². The van der Waals surface area contributed by atoms with Gasteiger partial charge in [0.25, 0.3) is 0 Å². The van der Waals surface area contributed by atoms with Crippen LogP contribution in [-0.2, 0) is 30.2 Å². The molecule has 1 aromatic rings. The van der Waals surface area contributed by atoms with Crippen molar-refractivity contribution in [1.82, 2.24) is 10.6 Å². The molecular formula is C36H58N2O6. The molecule has 2 atom stereocenters. The lowest BCUT2D eigenvalue weighted by atomic mass is 9.93. The molecule has 2 N–H and O–H groups in total. The average Bonchev–Trinajstić information content (AvgIpc) is 3.72. The van der Waals surface area contributed by atoms with Crippen molar-refractivity contribution in [3.63, 3.8) is 0 Å². The summed E-state index contributed by atoms with van der Waals surface area (Å²) in [5.74, 6) is -0.245. The van der Waals surface area contributed by atoms with E-state index in [0.717, 1.165) is 31.4 Å². The molecule has 1 aliphatic carbocycles. The van der Waals surface area contributed by atoms with Crippen LogP contribution in [0.3, 0.4) is 0 Å². The number of benzene rings is 1. The van der Waals surface area contributed by atoms with E-state index in [-0.39, 0.29) is 19.2 Å². The number of ether oxygens (including phenoxy) is 3. The van der Waals surface area contributed by atoms with E-state index in [4.69, 9.17) is 14.2 Å². The number of alkyl carbamates (subject to hydrolysis) is 1. The third-order valence-corrected chi connectivity index (χ3v) is 8.40. The highest BCUT2D eigenvalue weighted by atomic mass is 16.6. The summed E-state index contributed by atoms with van der Waals surface area (Å²) < 4.78 is 15.7. The van der Waals surface area contributed by atoms with Gasteiger partial charge >= 0.3 is 18.0 Å². The quantitative estimate of drug-likeness (QED) is 0.0545. The third-order valence-electron chi connectivity index (χ3n) is 8.40. The van der Waals surface area contributed by atoms with Crippen molar-refractivity contribution in [2.75, 3.05) is 39.5 Å². The van der Waals surface area contributed by atoms with Gasteiger partial charge in [-0.25, -0.2) is 9.59 Å². The summed E-state index contributed by atoms with van der Waals surface area (Å²) in [5, 5.41) is 6.24. The predicted octanol–water partition coefficient (Wildman–Crippen LogP) is 7.30. The van der Waals surface area contributed by atoms with Gasteiger partial charge in [-0.1, -0.05) is 102 Å². The van der Waals surface area contributed by atoms with Crippen LogP contribution >= 0.6 is 0 Å². The lowest BCUT2D eigenvalue weighted by molar-refractivity contribution is -0.148. The minimum absolute atomic E-state index is 0.0400. The molecule has 0 spiro atoms. The number of esters is 2. The molecule has 248 valence electrons. The summed E-state index contributed by atoms with van der Waals surface area (Å²) in [5.41, 5.74) is 1.79. The van der Waals surface area contributed by atoms with Crippen molar-refractivity contribution in [3.8, 4) is 0 Å². The van der Waals surface area contributed by atoms with E-state index in [1.54, 1.807) is 13.8 Å². The first-order valence-electron chi connectivity index (χ1n) is 17.0. The third kappa shape index (κ3) is 14.7. The number of unbranched alkanes of at least 4 members (excludes halogenated alkanes) is 8. The normalized spacial score (nSPS) is 17.5. The molecule has 44 heavy (non-hydrogen) atoms. The first kappa shape index (κ1) is 37.3. The first-order valence-corrected chi connectivity index (χ1v) is 17.0. The van der Waals surface area contributed by atoms with E-state index in [9.17, 15) is 14.4 Å². The molecule has 0 aliphatic heterocycles. The zero-order valence-electron chi connectivity index (χ0n) is 27.8. The first-order chi connectivity index (χ1) is 21.3. The van der Waals surface area contributed by atoms with Crippen LogP contribution in [-0.4, -0.2) is 57.5 Å². The maximum absolute atomic E-state index is 12.4. The van der Waals surface area contributed by atoms with E-state index in [1.165, 1.54) is 63.4 Å². The molecule has 0 aromatic heterocycles. The minimum atomic E-state index is -0.740. The van der Waals surface area contributed by atoms with Gasteiger partial charge in [0.2, 0.25) is 0 Å². The van der Waals surface area contributed by atoms with Crippen LogP contribution in [0, 0.1) is 11.3 Å². The average molecular weight is 615 g/mol. The van der Waals surface area contributed by atoms with Gasteiger partial charge in [-0.3, -0.25) is 4.79 Å². The number of nitrogens with one attached hydrogen (secondary N) is 2. The topological polar surface area (TPSA) is 103 Å². The highest BCUT2D eigenvalue weighted by Crippen LogP contribution is 2.54. The van der Waals surface area contributed by atoms with Crippen molar-refractivity contribution < 1.29 is 28.6 Å². The SMILES string of the molecule is CCCCCCCCCCC(CNCCNC(=O)OCCOC(=O)C(C)=C1CC1(C)C(=O)OCCCC)Cc1ccccc1. The molecule has 2 rings (SSSR count). The number of carbonyl (C=O) groups is 3. The molecule has 1 fully saturated rings. The Hall–Kier alpha value is -2.87. The Balaban J connectivity index is 1.59. The van der Waals surface area contributed by atoms with Crippen molar-refractivity contribution in [3.05, 3.63) is 47.0 Å². The van der Waals surface area contributed by atoms with Crippen molar-refractivity contribution >= 4 is 18.0 Å². The molecular weight excluding hydrogens is 556 g/mol. The van der Waals surface area contributed by atoms with Gasteiger partial charge in [0.05, 0.1) is 12.0 Å². The van der Waals surface area contributed by atoms with E-state index >= 15 is 0 Å². The number of carbonyl (C=O) groups excluding carboxylic acids is 3. The zero-order chi connectivity index (χ0) is 32.0. The Kier molecular flexibility index (Phi) is 18.5. The minimum Gasteiger partial charge on any atom is -0.465 e. The summed E-state index contributed by atoms with van der Waals surface area (Å²) in [6.45, 7) is 10.0.